The second-order valence-electron chi connectivity index (χ2n) is 28.2. The molecule has 4 aromatic rings. The molecular weight excluding hydrogens is 1090 g/mol. The molecule has 6 heterocycles. The maximum Gasteiger partial charge on any atom is 0.225 e. The van der Waals surface area contributed by atoms with E-state index >= 15 is 0 Å². The number of carbonyl (C=O) groups is 1. The van der Waals surface area contributed by atoms with E-state index in [1.54, 1.807) is 0 Å². The van der Waals surface area contributed by atoms with Crippen LogP contribution in [0.5, 0.6) is 0 Å². The number of rotatable bonds is 21. The molecule has 0 aliphatic carbocycles. The quantitative estimate of drug-likeness (QED) is 0.0863. The lowest BCUT2D eigenvalue weighted by molar-refractivity contribution is -0.220. The van der Waals surface area contributed by atoms with Crippen LogP contribution in [0.25, 0.3) is 0 Å². The van der Waals surface area contributed by atoms with Crippen molar-refractivity contribution in [2.24, 2.45) is 36.6 Å². The van der Waals surface area contributed by atoms with Crippen LogP contribution < -0.4 is 5.32 Å². The van der Waals surface area contributed by atoms with E-state index in [4.69, 9.17) is 52.9 Å². The molecule has 10 rings (SSSR count). The summed E-state index contributed by atoms with van der Waals surface area (Å²) in [5.74, 6) is -0.0430. The van der Waals surface area contributed by atoms with Gasteiger partial charge in [-0.1, -0.05) is 156 Å². The maximum atomic E-state index is 13.4. The topological polar surface area (TPSA) is 140 Å². The first kappa shape index (κ1) is 64.0. The Morgan fingerprint density at radius 3 is 1.40 bits per heavy atom. The zero-order valence-electron chi connectivity index (χ0n) is 53.6. The summed E-state index contributed by atoms with van der Waals surface area (Å²) in [4.78, 5) is 29.8. The summed E-state index contributed by atoms with van der Waals surface area (Å²) in [7, 11) is 0. The molecule has 4 aromatic carbocycles. The van der Waals surface area contributed by atoms with E-state index in [0.717, 1.165) is 62.2 Å². The predicted molar refractivity (Wildman–Crippen MR) is 344 cm³/mol. The van der Waals surface area contributed by atoms with Gasteiger partial charge in [0.15, 0.2) is 0 Å². The van der Waals surface area contributed by atoms with Crippen molar-refractivity contribution in [1.29, 1.82) is 0 Å². The Labute approximate surface area is 517 Å². The Kier molecular flexibility index (Phi) is 19.6. The Morgan fingerprint density at radius 1 is 0.529 bits per heavy atom. The summed E-state index contributed by atoms with van der Waals surface area (Å²) >= 11 is 0. The van der Waals surface area contributed by atoms with Crippen molar-refractivity contribution in [3.63, 3.8) is 0 Å². The number of amides is 1. The highest BCUT2D eigenvalue weighted by molar-refractivity contribution is 6.07. The molecule has 0 spiro atoms. The molecule has 6 aliphatic heterocycles. The summed E-state index contributed by atoms with van der Waals surface area (Å²) in [6.45, 7) is 32.6. The first-order valence-electron chi connectivity index (χ1n) is 31.4. The third kappa shape index (κ3) is 15.7. The number of allylic oxidation sites excluding steroid dienone is 4. The standard InChI is InChI=1S/C74H94N4O9/c1-49-59(80-43-52-26-18-14-19-27-52)36-61(82-45-54-30-22-16-23-31-54)67(86-49)73(12)40-57(75-51(73)3)34-56-39-71(10,47-84-69(4,5)6)64(76-56)38-65-74(13,41-58(77-65)35-63-72(11,42-66(79)78-63)48-85-70(7,8)9)68-62(83-46-55-32-24-17-25-33-55)37-60(50(2)87-68)81-44-53-28-20-15-21-29-53/h14-35,38,49-50,59-62,67-68H,3,36-37,39-48H2,1-2,4-13H3,(H,78,79)/b56-34-,63-35?,65-38-/t49-,50-,59-,60-,61-,62-,67-,68-,71?,72?,73+,74+/m1/s1. The van der Waals surface area contributed by atoms with E-state index in [9.17, 15) is 4.79 Å². The van der Waals surface area contributed by atoms with Gasteiger partial charge < -0.3 is 43.2 Å². The highest BCUT2D eigenvalue weighted by Gasteiger charge is 2.54. The highest BCUT2D eigenvalue weighted by atomic mass is 16.6. The molecule has 0 bridgehead atoms. The molecule has 1 amide bonds. The molecule has 0 aromatic heterocycles. The monoisotopic (exact) mass is 1180 g/mol. The van der Waals surface area contributed by atoms with Gasteiger partial charge in [-0.15, -0.1) is 0 Å². The van der Waals surface area contributed by atoms with E-state index in [0.29, 0.717) is 78.2 Å². The minimum atomic E-state index is -0.745. The van der Waals surface area contributed by atoms with Crippen LogP contribution in [0, 0.1) is 21.7 Å². The second-order valence-corrected chi connectivity index (χ2v) is 28.2. The molecule has 12 atom stereocenters. The molecular formula is C74H94N4O9. The fraction of sp³-hybridized carbons (Fsp3) is 0.514. The van der Waals surface area contributed by atoms with Crippen LogP contribution >= 0.6 is 0 Å². The van der Waals surface area contributed by atoms with Gasteiger partial charge in [0.05, 0.1) is 111 Å². The molecule has 2 unspecified atom stereocenters. The Morgan fingerprint density at radius 2 is 0.943 bits per heavy atom. The number of ether oxygens (including phenoxy) is 8. The van der Waals surface area contributed by atoms with Gasteiger partial charge in [-0.2, -0.15) is 0 Å². The van der Waals surface area contributed by atoms with E-state index in [-0.39, 0.29) is 48.6 Å². The number of hydrogen-bond acceptors (Lipinski definition) is 12. The Balaban J connectivity index is 0.997. The van der Waals surface area contributed by atoms with Crippen molar-refractivity contribution in [2.75, 3.05) is 13.2 Å². The van der Waals surface area contributed by atoms with Gasteiger partial charge in [-0.25, -0.2) is 0 Å². The first-order chi connectivity index (χ1) is 41.3. The number of carbonyl (C=O) groups excluding carboxylic acids is 1. The van der Waals surface area contributed by atoms with Crippen LogP contribution in [0.2, 0.25) is 0 Å². The molecule has 13 nitrogen and oxygen atoms in total. The van der Waals surface area contributed by atoms with Gasteiger partial charge in [0.2, 0.25) is 5.91 Å². The van der Waals surface area contributed by atoms with E-state index in [2.05, 4.69) is 141 Å². The Bertz CT molecular complexity index is 3240. The molecule has 3 fully saturated rings. The van der Waals surface area contributed by atoms with Crippen molar-refractivity contribution in [3.8, 4) is 0 Å². The van der Waals surface area contributed by atoms with Gasteiger partial charge >= 0.3 is 0 Å². The average Bonchev–Trinajstić information content (AvgIpc) is 1.70. The van der Waals surface area contributed by atoms with Crippen molar-refractivity contribution in [3.05, 3.63) is 191 Å². The zero-order chi connectivity index (χ0) is 61.8. The minimum absolute atomic E-state index is 0.0430. The van der Waals surface area contributed by atoms with Crippen LogP contribution in [0.3, 0.4) is 0 Å². The summed E-state index contributed by atoms with van der Waals surface area (Å²) in [6, 6.07) is 41.1. The molecule has 0 saturated carbocycles. The number of aliphatic imine (C=N–C) groups is 3. The fourth-order valence-electron chi connectivity index (χ4n) is 12.9. The van der Waals surface area contributed by atoms with Crippen LogP contribution in [0.4, 0.5) is 0 Å². The fourth-order valence-corrected chi connectivity index (χ4v) is 12.9. The predicted octanol–water partition coefficient (Wildman–Crippen LogP) is 14.6. The maximum absolute atomic E-state index is 13.4. The first-order valence-corrected chi connectivity index (χ1v) is 31.4. The number of hydrogen-bond donors (Lipinski definition) is 1. The van der Waals surface area contributed by atoms with Crippen molar-refractivity contribution in [2.45, 2.75) is 208 Å². The van der Waals surface area contributed by atoms with Gasteiger partial charge in [0.25, 0.3) is 0 Å². The van der Waals surface area contributed by atoms with Crippen LogP contribution in [0.1, 0.15) is 144 Å². The summed E-state index contributed by atoms with van der Waals surface area (Å²) < 4.78 is 54.8. The molecule has 87 heavy (non-hydrogen) atoms. The SMILES string of the molecule is C=C1N=C(/C=C2/CC(C)(COC(C)(C)C)C(/C=C3\N=C(C=C4NC(=O)CC4(C)COC(C)(C)C)C[C@]3(C)[C@@H]3O[C@H](C)[C@H](OCc4ccccc4)C[C@H]3OCc3ccccc3)=N2)C[C@]1(C)[C@@H]1O[C@H](C)[C@H](OCc2ccccc2)C[C@H]1OCc1ccccc1. The van der Waals surface area contributed by atoms with E-state index < -0.39 is 39.0 Å². The van der Waals surface area contributed by atoms with Crippen molar-refractivity contribution < 1.29 is 42.7 Å². The number of benzene rings is 4. The summed E-state index contributed by atoms with van der Waals surface area (Å²) in [5, 5.41) is 3.22. The van der Waals surface area contributed by atoms with Crippen molar-refractivity contribution in [1.82, 2.24) is 5.32 Å². The molecule has 464 valence electrons. The number of nitrogens with one attached hydrogen (secondary N) is 1. The van der Waals surface area contributed by atoms with Crippen LogP contribution in [0.15, 0.2) is 184 Å². The second kappa shape index (κ2) is 26.6. The smallest absolute Gasteiger partial charge is 0.225 e. The Hall–Kier alpha value is -6.00. The lowest BCUT2D eigenvalue weighted by atomic mass is 9.72. The van der Waals surface area contributed by atoms with E-state index in [1.807, 2.05) is 93.6 Å². The molecule has 13 heteroatoms. The largest absolute Gasteiger partial charge is 0.375 e. The number of nitrogens with zero attached hydrogens (tertiary/aromatic N) is 3. The van der Waals surface area contributed by atoms with Gasteiger partial charge in [-0.3, -0.25) is 19.8 Å². The van der Waals surface area contributed by atoms with Crippen molar-refractivity contribution >= 4 is 23.0 Å². The third-order valence-corrected chi connectivity index (χ3v) is 18.2. The summed E-state index contributed by atoms with van der Waals surface area (Å²) in [6.07, 6.45) is 7.29. The van der Waals surface area contributed by atoms with Crippen LogP contribution in [-0.4, -0.2) is 96.3 Å². The van der Waals surface area contributed by atoms with Gasteiger partial charge in [-0.05, 0) is 95.9 Å². The summed E-state index contributed by atoms with van der Waals surface area (Å²) in [5.41, 5.74) is 6.88. The zero-order valence-corrected chi connectivity index (χ0v) is 53.6. The third-order valence-electron chi connectivity index (χ3n) is 18.2. The van der Waals surface area contributed by atoms with Gasteiger partial charge in [0, 0.05) is 88.7 Å². The molecule has 1 N–H and O–H groups in total. The lowest BCUT2D eigenvalue weighted by Gasteiger charge is -2.47. The average molecular weight is 1180 g/mol. The lowest BCUT2D eigenvalue weighted by Crippen LogP contribution is -2.54. The molecule has 0 radical (unpaired) electrons. The normalized spacial score (nSPS) is 32.7. The van der Waals surface area contributed by atoms with E-state index in [1.165, 1.54) is 0 Å². The molecule has 3 saturated heterocycles. The molecule has 6 aliphatic rings. The van der Waals surface area contributed by atoms with Gasteiger partial charge in [0.1, 0.15) is 0 Å². The highest BCUT2D eigenvalue weighted by Crippen LogP contribution is 2.51. The minimum Gasteiger partial charge on any atom is -0.375 e. The van der Waals surface area contributed by atoms with Crippen LogP contribution in [-0.2, 0) is 69.1 Å².